The predicted molar refractivity (Wildman–Crippen MR) is 57.4 cm³/mol. The number of tetrazole rings is 1. The number of rotatable bonds is 5. The molecular formula is C7H9N5O2S2. The maximum Gasteiger partial charge on any atom is 0.250 e. The number of hydrogen-bond donors (Lipinski definition) is 2. The standard InChI is InChI=1S/C7H9N5O2S2/c13-16(14,7-2-1-5-15-7)8-4-3-6-9-11-12-10-6/h1-2,5,8H,3-4H2,(H,9,10,11,12). The van der Waals surface area contributed by atoms with Crippen LogP contribution >= 0.6 is 11.3 Å². The molecule has 0 saturated carbocycles. The van der Waals surface area contributed by atoms with Crippen molar-refractivity contribution >= 4 is 21.4 Å². The van der Waals surface area contributed by atoms with Crippen molar-refractivity contribution in [1.82, 2.24) is 25.3 Å². The van der Waals surface area contributed by atoms with Crippen molar-refractivity contribution < 1.29 is 8.42 Å². The third kappa shape index (κ3) is 2.62. The van der Waals surface area contributed by atoms with Crippen molar-refractivity contribution in [3.63, 3.8) is 0 Å². The molecule has 0 atom stereocenters. The highest BCUT2D eigenvalue weighted by atomic mass is 32.2. The Morgan fingerprint density at radius 3 is 3.00 bits per heavy atom. The molecule has 86 valence electrons. The van der Waals surface area contributed by atoms with E-state index in [-0.39, 0.29) is 6.54 Å². The molecule has 0 aliphatic heterocycles. The zero-order chi connectivity index (χ0) is 11.4. The van der Waals surface area contributed by atoms with Crippen LogP contribution in [-0.4, -0.2) is 35.6 Å². The fourth-order valence-corrected chi connectivity index (χ4v) is 3.14. The van der Waals surface area contributed by atoms with E-state index in [1.807, 2.05) is 0 Å². The number of nitrogens with zero attached hydrogens (tertiary/aromatic N) is 3. The van der Waals surface area contributed by atoms with Crippen LogP contribution in [0.3, 0.4) is 0 Å². The number of hydrogen-bond acceptors (Lipinski definition) is 6. The van der Waals surface area contributed by atoms with Crippen LogP contribution in [0.1, 0.15) is 5.82 Å². The van der Waals surface area contributed by atoms with E-state index in [4.69, 9.17) is 0 Å². The molecule has 0 saturated heterocycles. The first-order valence-corrected chi connectivity index (χ1v) is 6.80. The Morgan fingerprint density at radius 1 is 1.50 bits per heavy atom. The second kappa shape index (κ2) is 4.68. The second-order valence-corrected chi connectivity index (χ2v) is 5.85. The Hall–Kier alpha value is -1.32. The van der Waals surface area contributed by atoms with Gasteiger partial charge in [0.05, 0.1) is 0 Å². The van der Waals surface area contributed by atoms with Crippen molar-refractivity contribution in [2.75, 3.05) is 6.54 Å². The molecule has 0 fully saturated rings. The van der Waals surface area contributed by atoms with Crippen molar-refractivity contribution in [2.45, 2.75) is 10.6 Å². The minimum absolute atomic E-state index is 0.250. The van der Waals surface area contributed by atoms with Gasteiger partial charge in [0.2, 0.25) is 10.0 Å². The largest absolute Gasteiger partial charge is 0.250 e. The Morgan fingerprint density at radius 2 is 2.38 bits per heavy atom. The zero-order valence-electron chi connectivity index (χ0n) is 8.12. The van der Waals surface area contributed by atoms with E-state index in [0.717, 1.165) is 0 Å². The molecule has 0 aliphatic rings. The van der Waals surface area contributed by atoms with Gasteiger partial charge in [0.1, 0.15) is 4.21 Å². The van der Waals surface area contributed by atoms with E-state index < -0.39 is 10.0 Å². The summed E-state index contributed by atoms with van der Waals surface area (Å²) in [5.74, 6) is 0.480. The van der Waals surface area contributed by atoms with Gasteiger partial charge in [0.25, 0.3) is 0 Å². The Bertz CT molecular complexity index is 519. The van der Waals surface area contributed by atoms with Crippen LogP contribution < -0.4 is 4.72 Å². The first-order valence-electron chi connectivity index (χ1n) is 4.44. The van der Waals surface area contributed by atoms with Gasteiger partial charge in [0, 0.05) is 13.0 Å². The van der Waals surface area contributed by atoms with Crippen LogP contribution in [0.15, 0.2) is 21.7 Å². The lowest BCUT2D eigenvalue weighted by Gasteiger charge is -2.01. The summed E-state index contributed by atoms with van der Waals surface area (Å²) in [6, 6.07) is 3.25. The quantitative estimate of drug-likeness (QED) is 0.773. The van der Waals surface area contributed by atoms with Gasteiger partial charge in [-0.3, -0.25) is 0 Å². The minimum atomic E-state index is -3.39. The van der Waals surface area contributed by atoms with E-state index >= 15 is 0 Å². The molecule has 7 nitrogen and oxygen atoms in total. The van der Waals surface area contributed by atoms with E-state index in [9.17, 15) is 8.42 Å². The van der Waals surface area contributed by atoms with Crippen LogP contribution in [0.4, 0.5) is 0 Å². The van der Waals surface area contributed by atoms with E-state index in [1.54, 1.807) is 17.5 Å². The normalized spacial score (nSPS) is 11.8. The first kappa shape index (κ1) is 11.2. The molecule has 2 rings (SSSR count). The summed E-state index contributed by atoms with van der Waals surface area (Å²) in [4.78, 5) is 0. The maximum absolute atomic E-state index is 11.7. The second-order valence-electron chi connectivity index (χ2n) is 2.91. The van der Waals surface area contributed by atoms with Crippen LogP contribution in [0.5, 0.6) is 0 Å². The molecule has 0 bridgehead atoms. The summed E-state index contributed by atoms with van der Waals surface area (Å²) >= 11 is 1.18. The van der Waals surface area contributed by atoms with Gasteiger partial charge in [-0.25, -0.2) is 13.1 Å². The van der Waals surface area contributed by atoms with Crippen LogP contribution in [0.2, 0.25) is 0 Å². The summed E-state index contributed by atoms with van der Waals surface area (Å²) in [5, 5.41) is 14.8. The highest BCUT2D eigenvalue weighted by Crippen LogP contribution is 2.14. The van der Waals surface area contributed by atoms with E-state index in [0.29, 0.717) is 16.5 Å². The molecule has 0 radical (unpaired) electrons. The van der Waals surface area contributed by atoms with Crippen LogP contribution in [0, 0.1) is 0 Å². The molecule has 2 aromatic rings. The molecule has 9 heteroatoms. The molecule has 0 aliphatic carbocycles. The molecule has 0 aromatic carbocycles. The molecule has 2 N–H and O–H groups in total. The third-order valence-corrected chi connectivity index (χ3v) is 4.65. The monoisotopic (exact) mass is 259 g/mol. The van der Waals surface area contributed by atoms with E-state index in [2.05, 4.69) is 25.3 Å². The van der Waals surface area contributed by atoms with Crippen LogP contribution in [0.25, 0.3) is 0 Å². The summed E-state index contributed by atoms with van der Waals surface area (Å²) in [5.41, 5.74) is 0. The highest BCUT2D eigenvalue weighted by molar-refractivity contribution is 7.91. The van der Waals surface area contributed by atoms with Gasteiger partial charge in [-0.15, -0.1) is 21.5 Å². The average molecular weight is 259 g/mol. The van der Waals surface area contributed by atoms with Gasteiger partial charge >= 0.3 is 0 Å². The minimum Gasteiger partial charge on any atom is -0.210 e. The van der Waals surface area contributed by atoms with Gasteiger partial charge in [0.15, 0.2) is 5.82 Å². The van der Waals surface area contributed by atoms with E-state index in [1.165, 1.54) is 11.3 Å². The lowest BCUT2D eigenvalue weighted by Crippen LogP contribution is -2.25. The molecular weight excluding hydrogens is 250 g/mol. The predicted octanol–water partition coefficient (Wildman–Crippen LogP) is -0.218. The number of aromatic nitrogens is 4. The summed E-state index contributed by atoms with van der Waals surface area (Å²) < 4.78 is 26.1. The summed E-state index contributed by atoms with van der Waals surface area (Å²) in [6.07, 6.45) is 0.404. The van der Waals surface area contributed by atoms with Crippen molar-refractivity contribution in [3.05, 3.63) is 23.3 Å². The summed E-state index contributed by atoms with van der Waals surface area (Å²) in [7, 11) is -3.39. The smallest absolute Gasteiger partial charge is 0.210 e. The number of thiophene rings is 1. The van der Waals surface area contributed by atoms with Crippen molar-refractivity contribution in [1.29, 1.82) is 0 Å². The van der Waals surface area contributed by atoms with Crippen LogP contribution in [-0.2, 0) is 16.4 Å². The topological polar surface area (TPSA) is 101 Å². The molecule has 2 aromatic heterocycles. The van der Waals surface area contributed by atoms with Gasteiger partial charge in [-0.1, -0.05) is 11.3 Å². The summed E-state index contributed by atoms with van der Waals surface area (Å²) in [6.45, 7) is 0.250. The third-order valence-electron chi connectivity index (χ3n) is 1.79. The van der Waals surface area contributed by atoms with Gasteiger partial charge < -0.3 is 0 Å². The SMILES string of the molecule is O=S(=O)(NCCc1nn[nH]n1)c1cccs1. The number of sulfonamides is 1. The molecule has 0 amide bonds. The number of nitrogens with one attached hydrogen (secondary N) is 2. The molecule has 0 spiro atoms. The van der Waals surface area contributed by atoms with Gasteiger partial charge in [-0.05, 0) is 11.4 Å². The first-order chi connectivity index (χ1) is 7.68. The average Bonchev–Trinajstić information content (AvgIpc) is 2.90. The maximum atomic E-state index is 11.7. The zero-order valence-corrected chi connectivity index (χ0v) is 9.75. The number of H-pyrrole nitrogens is 1. The lowest BCUT2D eigenvalue weighted by molar-refractivity contribution is 0.583. The van der Waals surface area contributed by atoms with Gasteiger partial charge in [-0.2, -0.15) is 5.21 Å². The molecule has 0 unspecified atom stereocenters. The molecule has 2 heterocycles. The Balaban J connectivity index is 1.91. The van der Waals surface area contributed by atoms with Crippen molar-refractivity contribution in [2.24, 2.45) is 0 Å². The fourth-order valence-electron chi connectivity index (χ4n) is 1.07. The van der Waals surface area contributed by atoms with Crippen molar-refractivity contribution in [3.8, 4) is 0 Å². The Kier molecular flexibility index (Phi) is 3.27. The number of aromatic amines is 1. The Labute approximate surface area is 95.9 Å². The molecule has 16 heavy (non-hydrogen) atoms. The lowest BCUT2D eigenvalue weighted by atomic mass is 10.4. The highest BCUT2D eigenvalue weighted by Gasteiger charge is 2.14. The fraction of sp³-hybridized carbons (Fsp3) is 0.286.